The average Bonchev–Trinajstić information content (AvgIpc) is 2.36. The van der Waals surface area contributed by atoms with Crippen LogP contribution in [0.15, 0.2) is 36.4 Å². The summed E-state index contributed by atoms with van der Waals surface area (Å²) in [4.78, 5) is 11.9. The number of rotatable bonds is 2. The molecular weight excluding hydrogens is 365 g/mol. The number of nitrogens with one attached hydrogen (secondary N) is 1. The number of nitrogen functional groups attached to an aromatic ring is 1. The summed E-state index contributed by atoms with van der Waals surface area (Å²) >= 11 is 2.11. The largest absolute Gasteiger partial charge is 0.396 e. The van der Waals surface area contributed by atoms with E-state index in [9.17, 15) is 13.6 Å². The molecule has 0 saturated carbocycles. The molecule has 0 aliphatic rings. The number of benzene rings is 2. The normalized spacial score (nSPS) is 10.3. The van der Waals surface area contributed by atoms with Crippen LogP contribution in [-0.4, -0.2) is 5.91 Å². The zero-order valence-corrected chi connectivity index (χ0v) is 11.7. The van der Waals surface area contributed by atoms with Crippen molar-refractivity contribution in [2.75, 3.05) is 11.1 Å². The van der Waals surface area contributed by atoms with Gasteiger partial charge >= 0.3 is 0 Å². The van der Waals surface area contributed by atoms with Gasteiger partial charge in [0.05, 0.1) is 11.4 Å². The number of nitrogens with two attached hydrogens (primary N) is 1. The van der Waals surface area contributed by atoms with E-state index < -0.39 is 17.5 Å². The molecule has 1 amide bonds. The Hall–Kier alpha value is -1.70. The van der Waals surface area contributed by atoms with E-state index in [1.165, 1.54) is 0 Å². The Morgan fingerprint density at radius 1 is 1.11 bits per heavy atom. The fraction of sp³-hybridized carbons (Fsp3) is 0. The predicted molar refractivity (Wildman–Crippen MR) is 77.9 cm³/mol. The second-order valence-electron chi connectivity index (χ2n) is 3.81. The van der Waals surface area contributed by atoms with Crippen molar-refractivity contribution in [3.8, 4) is 0 Å². The van der Waals surface area contributed by atoms with Crippen LogP contribution in [0.3, 0.4) is 0 Å². The van der Waals surface area contributed by atoms with Gasteiger partial charge in [0.1, 0.15) is 11.6 Å². The lowest BCUT2D eigenvalue weighted by Crippen LogP contribution is -2.13. The highest BCUT2D eigenvalue weighted by molar-refractivity contribution is 14.1. The SMILES string of the molecule is Nc1cc(NC(=O)c2ccc(I)cc2)c(F)cc1F. The highest BCUT2D eigenvalue weighted by Gasteiger charge is 2.12. The fourth-order valence-electron chi connectivity index (χ4n) is 1.46. The third-order valence-electron chi connectivity index (χ3n) is 2.44. The smallest absolute Gasteiger partial charge is 0.255 e. The predicted octanol–water partition coefficient (Wildman–Crippen LogP) is 3.40. The summed E-state index contributed by atoms with van der Waals surface area (Å²) in [7, 11) is 0. The lowest BCUT2D eigenvalue weighted by Gasteiger charge is -2.08. The summed E-state index contributed by atoms with van der Waals surface area (Å²) in [5.74, 6) is -2.21. The first-order valence-electron chi connectivity index (χ1n) is 5.29. The number of anilines is 2. The van der Waals surface area contributed by atoms with Gasteiger partial charge in [-0.3, -0.25) is 4.79 Å². The topological polar surface area (TPSA) is 55.1 Å². The van der Waals surface area contributed by atoms with Gasteiger partial charge in [-0.2, -0.15) is 0 Å². The Morgan fingerprint density at radius 2 is 1.74 bits per heavy atom. The molecule has 0 aliphatic heterocycles. The van der Waals surface area contributed by atoms with Crippen molar-refractivity contribution in [2.45, 2.75) is 0 Å². The van der Waals surface area contributed by atoms with Crippen molar-refractivity contribution in [1.82, 2.24) is 0 Å². The lowest BCUT2D eigenvalue weighted by molar-refractivity contribution is 0.102. The van der Waals surface area contributed by atoms with E-state index in [0.29, 0.717) is 11.6 Å². The Labute approximate surface area is 121 Å². The second-order valence-corrected chi connectivity index (χ2v) is 5.06. The first-order valence-corrected chi connectivity index (χ1v) is 6.36. The lowest BCUT2D eigenvalue weighted by atomic mass is 10.2. The molecule has 0 atom stereocenters. The highest BCUT2D eigenvalue weighted by atomic mass is 127. The first kappa shape index (κ1) is 13.7. The van der Waals surface area contributed by atoms with Crippen LogP contribution < -0.4 is 11.1 Å². The van der Waals surface area contributed by atoms with Crippen molar-refractivity contribution in [2.24, 2.45) is 0 Å². The molecule has 0 radical (unpaired) electrons. The van der Waals surface area contributed by atoms with Crippen molar-refractivity contribution < 1.29 is 13.6 Å². The molecule has 6 heteroatoms. The molecule has 0 saturated heterocycles. The van der Waals surface area contributed by atoms with Crippen LogP contribution in [0.25, 0.3) is 0 Å². The summed E-state index contributed by atoms with van der Waals surface area (Å²) < 4.78 is 27.4. The van der Waals surface area contributed by atoms with Crippen LogP contribution in [0.4, 0.5) is 20.2 Å². The van der Waals surface area contributed by atoms with Gasteiger partial charge in [-0.15, -0.1) is 0 Å². The molecule has 0 heterocycles. The molecule has 98 valence electrons. The Bertz CT molecular complexity index is 629. The number of halogens is 3. The quantitative estimate of drug-likeness (QED) is 0.626. The molecule has 0 unspecified atom stereocenters. The van der Waals surface area contributed by atoms with E-state index in [-0.39, 0.29) is 11.4 Å². The van der Waals surface area contributed by atoms with Crippen LogP contribution in [-0.2, 0) is 0 Å². The van der Waals surface area contributed by atoms with Crippen LogP contribution in [0.1, 0.15) is 10.4 Å². The molecule has 0 fully saturated rings. The van der Waals surface area contributed by atoms with Gasteiger partial charge in [0.25, 0.3) is 5.91 Å². The molecule has 0 aromatic heterocycles. The van der Waals surface area contributed by atoms with E-state index in [0.717, 1.165) is 9.64 Å². The van der Waals surface area contributed by atoms with Crippen molar-refractivity contribution >= 4 is 39.9 Å². The summed E-state index contributed by atoms with van der Waals surface area (Å²) in [6.07, 6.45) is 0. The van der Waals surface area contributed by atoms with Gasteiger partial charge < -0.3 is 11.1 Å². The zero-order valence-electron chi connectivity index (χ0n) is 9.58. The molecule has 2 aromatic rings. The third-order valence-corrected chi connectivity index (χ3v) is 3.16. The molecule has 3 N–H and O–H groups in total. The number of carbonyl (C=O) groups excluding carboxylic acids is 1. The average molecular weight is 374 g/mol. The molecule has 0 bridgehead atoms. The zero-order chi connectivity index (χ0) is 14.0. The standard InChI is InChI=1S/C13H9F2IN2O/c14-9-5-10(15)12(6-11(9)17)18-13(19)7-1-3-8(16)4-2-7/h1-6H,17H2,(H,18,19). The monoisotopic (exact) mass is 374 g/mol. The van der Waals surface area contributed by atoms with E-state index in [4.69, 9.17) is 5.73 Å². The van der Waals surface area contributed by atoms with Crippen LogP contribution >= 0.6 is 22.6 Å². The van der Waals surface area contributed by atoms with Crippen LogP contribution in [0, 0.1) is 15.2 Å². The van der Waals surface area contributed by atoms with Gasteiger partial charge in [-0.05, 0) is 52.9 Å². The molecule has 3 nitrogen and oxygen atoms in total. The second kappa shape index (κ2) is 5.52. The minimum absolute atomic E-state index is 0.151. The maximum atomic E-state index is 13.5. The van der Waals surface area contributed by atoms with Gasteiger partial charge in [-0.25, -0.2) is 8.78 Å². The van der Waals surface area contributed by atoms with Gasteiger partial charge in [0.2, 0.25) is 0 Å². The highest BCUT2D eigenvalue weighted by Crippen LogP contribution is 2.21. The summed E-state index contributed by atoms with van der Waals surface area (Å²) in [6, 6.07) is 8.42. The minimum Gasteiger partial charge on any atom is -0.396 e. The number of hydrogen-bond donors (Lipinski definition) is 2. The maximum absolute atomic E-state index is 13.5. The van der Waals surface area contributed by atoms with Gasteiger partial charge in [0.15, 0.2) is 0 Å². The van der Waals surface area contributed by atoms with Crippen molar-refractivity contribution in [3.05, 3.63) is 57.2 Å². The Balaban J connectivity index is 2.24. The van der Waals surface area contributed by atoms with Gasteiger partial charge in [0, 0.05) is 15.2 Å². The van der Waals surface area contributed by atoms with Crippen LogP contribution in [0.5, 0.6) is 0 Å². The number of hydrogen-bond acceptors (Lipinski definition) is 2. The summed E-state index contributed by atoms with van der Waals surface area (Å²) in [6.45, 7) is 0. The Kier molecular flexibility index (Phi) is 3.98. The fourth-order valence-corrected chi connectivity index (χ4v) is 1.82. The van der Waals surface area contributed by atoms with Gasteiger partial charge in [-0.1, -0.05) is 0 Å². The van der Waals surface area contributed by atoms with E-state index in [1.807, 2.05) is 0 Å². The summed E-state index contributed by atoms with van der Waals surface area (Å²) in [5, 5.41) is 2.35. The Morgan fingerprint density at radius 3 is 2.37 bits per heavy atom. The molecule has 2 rings (SSSR count). The maximum Gasteiger partial charge on any atom is 0.255 e. The molecule has 0 spiro atoms. The van der Waals surface area contributed by atoms with Crippen molar-refractivity contribution in [1.29, 1.82) is 0 Å². The third kappa shape index (κ3) is 3.19. The molecular formula is C13H9F2IN2O. The van der Waals surface area contributed by atoms with Crippen molar-refractivity contribution in [3.63, 3.8) is 0 Å². The molecule has 0 aliphatic carbocycles. The number of amides is 1. The molecule has 19 heavy (non-hydrogen) atoms. The minimum atomic E-state index is -0.870. The van der Waals surface area contributed by atoms with Crippen LogP contribution in [0.2, 0.25) is 0 Å². The first-order chi connectivity index (χ1) is 8.97. The van der Waals surface area contributed by atoms with E-state index >= 15 is 0 Å². The van der Waals surface area contributed by atoms with E-state index in [1.54, 1.807) is 24.3 Å². The number of carbonyl (C=O) groups is 1. The molecule has 2 aromatic carbocycles. The summed E-state index contributed by atoms with van der Waals surface area (Å²) in [5.41, 5.74) is 5.33. The van der Waals surface area contributed by atoms with E-state index in [2.05, 4.69) is 27.9 Å².